The first kappa shape index (κ1) is 13.6. The standard InChI is InChI=1S/C14H19BrN2OS/c15-12-5-9-19-13(12)14(18)17-8-3-4-11(10-17)16-6-1-2-7-16/h5,9,11H,1-4,6-8,10H2. The molecule has 2 fully saturated rings. The Morgan fingerprint density at radius 2 is 2.05 bits per heavy atom. The van der Waals surface area contributed by atoms with Crippen LogP contribution in [0.3, 0.4) is 0 Å². The lowest BCUT2D eigenvalue weighted by molar-refractivity contribution is 0.0612. The molecule has 104 valence electrons. The van der Waals surface area contributed by atoms with Crippen LogP contribution in [0.25, 0.3) is 0 Å². The maximum atomic E-state index is 12.5. The summed E-state index contributed by atoms with van der Waals surface area (Å²) in [5.41, 5.74) is 0. The Labute approximate surface area is 126 Å². The van der Waals surface area contributed by atoms with Crippen LogP contribution in [0.2, 0.25) is 0 Å². The third kappa shape index (κ3) is 2.88. The minimum Gasteiger partial charge on any atom is -0.336 e. The van der Waals surface area contributed by atoms with Crippen molar-refractivity contribution in [2.45, 2.75) is 31.7 Å². The van der Waals surface area contributed by atoms with Gasteiger partial charge in [-0.1, -0.05) is 0 Å². The highest BCUT2D eigenvalue weighted by atomic mass is 79.9. The van der Waals surface area contributed by atoms with E-state index in [4.69, 9.17) is 0 Å². The Morgan fingerprint density at radius 3 is 2.74 bits per heavy atom. The zero-order valence-electron chi connectivity index (χ0n) is 11.0. The molecule has 0 aromatic carbocycles. The van der Waals surface area contributed by atoms with Crippen LogP contribution in [0.4, 0.5) is 0 Å². The molecule has 0 spiro atoms. The zero-order chi connectivity index (χ0) is 13.2. The molecule has 3 heterocycles. The fraction of sp³-hybridized carbons (Fsp3) is 0.643. The van der Waals surface area contributed by atoms with Gasteiger partial charge in [0.25, 0.3) is 5.91 Å². The Morgan fingerprint density at radius 1 is 1.26 bits per heavy atom. The van der Waals surface area contributed by atoms with Crippen LogP contribution >= 0.6 is 27.3 Å². The molecular weight excluding hydrogens is 324 g/mol. The summed E-state index contributed by atoms with van der Waals surface area (Å²) in [4.78, 5) is 18.0. The van der Waals surface area contributed by atoms with Gasteiger partial charge in [0.1, 0.15) is 4.88 Å². The van der Waals surface area contributed by atoms with Crippen LogP contribution in [-0.2, 0) is 0 Å². The lowest BCUT2D eigenvalue weighted by Crippen LogP contribution is -2.48. The molecule has 19 heavy (non-hydrogen) atoms. The molecule has 1 unspecified atom stereocenters. The van der Waals surface area contributed by atoms with Gasteiger partial charge >= 0.3 is 0 Å². The van der Waals surface area contributed by atoms with Crippen LogP contribution in [0.5, 0.6) is 0 Å². The van der Waals surface area contributed by atoms with Gasteiger partial charge in [0, 0.05) is 23.6 Å². The number of halogens is 1. The third-order valence-electron chi connectivity index (χ3n) is 4.15. The van der Waals surface area contributed by atoms with Gasteiger partial charge in [-0.05, 0) is 66.1 Å². The molecule has 2 aliphatic rings. The molecule has 1 atom stereocenters. The summed E-state index contributed by atoms with van der Waals surface area (Å²) in [6.45, 7) is 4.25. The topological polar surface area (TPSA) is 23.6 Å². The molecule has 0 aliphatic carbocycles. The number of carbonyl (C=O) groups is 1. The number of piperidine rings is 1. The molecule has 0 saturated carbocycles. The van der Waals surface area contributed by atoms with E-state index in [9.17, 15) is 4.79 Å². The van der Waals surface area contributed by atoms with Crippen LogP contribution < -0.4 is 0 Å². The molecule has 0 N–H and O–H groups in total. The second kappa shape index (κ2) is 5.94. The number of thiophene rings is 1. The van der Waals surface area contributed by atoms with Gasteiger partial charge in [-0.3, -0.25) is 9.69 Å². The number of carbonyl (C=O) groups excluding carboxylic acids is 1. The minimum atomic E-state index is 0.200. The van der Waals surface area contributed by atoms with Crippen molar-refractivity contribution < 1.29 is 4.79 Å². The quantitative estimate of drug-likeness (QED) is 0.823. The molecule has 0 bridgehead atoms. The number of hydrogen-bond acceptors (Lipinski definition) is 3. The smallest absolute Gasteiger partial charge is 0.265 e. The number of rotatable bonds is 2. The zero-order valence-corrected chi connectivity index (χ0v) is 13.4. The predicted octanol–water partition coefficient (Wildman–Crippen LogP) is 3.21. The summed E-state index contributed by atoms with van der Waals surface area (Å²) >= 11 is 5.00. The highest BCUT2D eigenvalue weighted by Crippen LogP contribution is 2.27. The Bertz CT molecular complexity index is 456. The van der Waals surface area contributed by atoms with Gasteiger partial charge < -0.3 is 4.90 Å². The lowest BCUT2D eigenvalue weighted by atomic mass is 10.0. The van der Waals surface area contributed by atoms with Gasteiger partial charge in [-0.25, -0.2) is 0 Å². The largest absolute Gasteiger partial charge is 0.336 e. The fourth-order valence-corrected chi connectivity index (χ4v) is 4.64. The van der Waals surface area contributed by atoms with E-state index in [0.29, 0.717) is 6.04 Å². The van der Waals surface area contributed by atoms with Crippen molar-refractivity contribution >= 4 is 33.2 Å². The first-order chi connectivity index (χ1) is 9.25. The van der Waals surface area contributed by atoms with Crippen molar-refractivity contribution in [1.82, 2.24) is 9.80 Å². The van der Waals surface area contributed by atoms with E-state index in [1.807, 2.05) is 16.3 Å². The van der Waals surface area contributed by atoms with Gasteiger partial charge in [-0.15, -0.1) is 11.3 Å². The predicted molar refractivity (Wildman–Crippen MR) is 81.8 cm³/mol. The normalized spacial score (nSPS) is 24.9. The molecule has 1 aromatic rings. The monoisotopic (exact) mass is 342 g/mol. The van der Waals surface area contributed by atoms with Gasteiger partial charge in [0.05, 0.1) is 0 Å². The van der Waals surface area contributed by atoms with Gasteiger partial charge in [0.15, 0.2) is 0 Å². The van der Waals surface area contributed by atoms with Gasteiger partial charge in [0.2, 0.25) is 0 Å². The van der Waals surface area contributed by atoms with Crippen molar-refractivity contribution in [1.29, 1.82) is 0 Å². The highest BCUT2D eigenvalue weighted by molar-refractivity contribution is 9.10. The number of likely N-dealkylation sites (tertiary alicyclic amines) is 2. The average molecular weight is 343 g/mol. The van der Waals surface area contributed by atoms with Crippen molar-refractivity contribution in [3.63, 3.8) is 0 Å². The molecule has 0 radical (unpaired) electrons. The summed E-state index contributed by atoms with van der Waals surface area (Å²) < 4.78 is 0.936. The fourth-order valence-electron chi connectivity index (χ4n) is 3.13. The molecule has 3 nitrogen and oxygen atoms in total. The van der Waals surface area contributed by atoms with Crippen LogP contribution in [0.15, 0.2) is 15.9 Å². The number of nitrogens with zero attached hydrogens (tertiary/aromatic N) is 2. The van der Waals surface area contributed by atoms with E-state index in [0.717, 1.165) is 28.9 Å². The summed E-state index contributed by atoms with van der Waals surface area (Å²) in [6.07, 6.45) is 5.02. The second-order valence-electron chi connectivity index (χ2n) is 5.39. The third-order valence-corrected chi connectivity index (χ3v) is 5.98. The molecule has 3 rings (SSSR count). The summed E-state index contributed by atoms with van der Waals surface area (Å²) in [6, 6.07) is 2.54. The molecule has 5 heteroatoms. The Hall–Kier alpha value is -0.390. The van der Waals surface area contributed by atoms with E-state index in [2.05, 4.69) is 20.8 Å². The van der Waals surface area contributed by atoms with Crippen molar-refractivity contribution in [2.24, 2.45) is 0 Å². The van der Waals surface area contributed by atoms with E-state index in [-0.39, 0.29) is 5.91 Å². The first-order valence-electron chi connectivity index (χ1n) is 7.02. The second-order valence-corrected chi connectivity index (χ2v) is 7.16. The van der Waals surface area contributed by atoms with Crippen molar-refractivity contribution in [3.05, 3.63) is 20.8 Å². The van der Waals surface area contributed by atoms with E-state index in [1.165, 1.54) is 43.7 Å². The Kier molecular flexibility index (Phi) is 4.24. The average Bonchev–Trinajstić information content (AvgIpc) is 3.09. The molecule has 1 amide bonds. The van der Waals surface area contributed by atoms with Crippen molar-refractivity contribution in [3.8, 4) is 0 Å². The van der Waals surface area contributed by atoms with Crippen molar-refractivity contribution in [2.75, 3.05) is 26.2 Å². The van der Waals surface area contributed by atoms with E-state index < -0.39 is 0 Å². The van der Waals surface area contributed by atoms with Gasteiger partial charge in [-0.2, -0.15) is 0 Å². The van der Waals surface area contributed by atoms with Crippen LogP contribution in [0.1, 0.15) is 35.4 Å². The maximum Gasteiger partial charge on any atom is 0.265 e. The summed E-state index contributed by atoms with van der Waals surface area (Å²) in [5.74, 6) is 0.200. The SMILES string of the molecule is O=C(c1sccc1Br)N1CCCC(N2CCCC2)C1. The number of amides is 1. The van der Waals surface area contributed by atoms with Crippen LogP contribution in [0, 0.1) is 0 Å². The lowest BCUT2D eigenvalue weighted by Gasteiger charge is -2.37. The molecule has 2 saturated heterocycles. The maximum absolute atomic E-state index is 12.5. The van der Waals surface area contributed by atoms with Crippen LogP contribution in [-0.4, -0.2) is 47.9 Å². The first-order valence-corrected chi connectivity index (χ1v) is 8.69. The molecular formula is C14H19BrN2OS. The van der Waals surface area contributed by atoms with E-state index in [1.54, 1.807) is 0 Å². The Balaban J connectivity index is 1.67. The molecule has 1 aromatic heterocycles. The molecule has 2 aliphatic heterocycles. The number of hydrogen-bond donors (Lipinski definition) is 0. The minimum absolute atomic E-state index is 0.200. The van der Waals surface area contributed by atoms with E-state index >= 15 is 0 Å². The summed E-state index contributed by atoms with van der Waals surface area (Å²) in [7, 11) is 0. The summed E-state index contributed by atoms with van der Waals surface area (Å²) in [5, 5.41) is 1.97. The highest BCUT2D eigenvalue weighted by Gasteiger charge is 2.30.